The van der Waals surface area contributed by atoms with Gasteiger partial charge in [0.25, 0.3) is 0 Å². The van der Waals surface area contributed by atoms with Crippen molar-refractivity contribution < 1.29 is 18.7 Å². The summed E-state index contributed by atoms with van der Waals surface area (Å²) < 4.78 is 28.3. The highest BCUT2D eigenvalue weighted by Gasteiger charge is 2.12. The first kappa shape index (κ1) is 12.3. The van der Waals surface area contributed by atoms with Gasteiger partial charge in [-0.3, -0.25) is 0 Å². The second-order valence-electron chi connectivity index (χ2n) is 4.24. The minimum Gasteiger partial charge on any atom is -0.478 e. The van der Waals surface area contributed by atoms with Gasteiger partial charge in [0.1, 0.15) is 17.3 Å². The van der Waals surface area contributed by atoms with Gasteiger partial charge in [-0.1, -0.05) is 0 Å². The SMILES string of the molecule is O=C(O)c1ccc2nc(-c3cc(F)ccc3F)cn2c1. The van der Waals surface area contributed by atoms with Crippen LogP contribution in [0.1, 0.15) is 10.4 Å². The quantitative estimate of drug-likeness (QED) is 0.781. The first-order chi connectivity index (χ1) is 9.54. The average Bonchev–Trinajstić information content (AvgIpc) is 2.83. The number of aromatic carboxylic acids is 1. The molecule has 0 unspecified atom stereocenters. The highest BCUT2D eigenvalue weighted by Crippen LogP contribution is 2.23. The Balaban J connectivity index is 2.17. The van der Waals surface area contributed by atoms with Crippen LogP contribution in [0.25, 0.3) is 16.9 Å². The number of imidazole rings is 1. The van der Waals surface area contributed by atoms with E-state index in [1.54, 1.807) is 0 Å². The number of rotatable bonds is 2. The lowest BCUT2D eigenvalue weighted by molar-refractivity contribution is 0.0696. The predicted octanol–water partition coefficient (Wildman–Crippen LogP) is 2.98. The van der Waals surface area contributed by atoms with Gasteiger partial charge in [0.2, 0.25) is 0 Å². The summed E-state index contributed by atoms with van der Waals surface area (Å²) in [5.74, 6) is -2.22. The molecule has 4 nitrogen and oxygen atoms in total. The fraction of sp³-hybridized carbons (Fsp3) is 0. The minimum absolute atomic E-state index is 0.0329. The summed E-state index contributed by atoms with van der Waals surface area (Å²) in [6.45, 7) is 0. The van der Waals surface area contributed by atoms with E-state index in [1.807, 2.05) is 0 Å². The molecule has 0 aliphatic heterocycles. The molecule has 0 amide bonds. The molecule has 0 fully saturated rings. The van der Waals surface area contributed by atoms with Crippen LogP contribution in [0.5, 0.6) is 0 Å². The molecule has 2 heterocycles. The topological polar surface area (TPSA) is 54.6 Å². The maximum Gasteiger partial charge on any atom is 0.337 e. The molecule has 0 aliphatic carbocycles. The summed E-state index contributed by atoms with van der Waals surface area (Å²) in [7, 11) is 0. The Bertz CT molecular complexity index is 827. The lowest BCUT2D eigenvalue weighted by atomic mass is 10.1. The van der Waals surface area contributed by atoms with Crippen LogP contribution in [0.15, 0.2) is 42.7 Å². The number of hydrogen-bond donors (Lipinski definition) is 1. The van der Waals surface area contributed by atoms with Crippen molar-refractivity contribution in [3.63, 3.8) is 0 Å². The van der Waals surface area contributed by atoms with Gasteiger partial charge in [-0.25, -0.2) is 18.6 Å². The zero-order valence-electron chi connectivity index (χ0n) is 10.0. The minimum atomic E-state index is -1.07. The molecule has 0 saturated carbocycles. The Morgan fingerprint density at radius 3 is 2.70 bits per heavy atom. The third-order valence-corrected chi connectivity index (χ3v) is 2.90. The van der Waals surface area contributed by atoms with Gasteiger partial charge in [0.05, 0.1) is 11.3 Å². The first-order valence-corrected chi connectivity index (χ1v) is 5.72. The summed E-state index contributed by atoms with van der Waals surface area (Å²) in [4.78, 5) is 15.0. The number of pyridine rings is 1. The second-order valence-corrected chi connectivity index (χ2v) is 4.24. The van der Waals surface area contributed by atoms with E-state index in [9.17, 15) is 13.6 Å². The number of aromatic nitrogens is 2. The van der Waals surface area contributed by atoms with Crippen LogP contribution in [0, 0.1) is 11.6 Å². The monoisotopic (exact) mass is 274 g/mol. The normalized spacial score (nSPS) is 10.9. The van der Waals surface area contributed by atoms with E-state index in [1.165, 1.54) is 28.9 Å². The fourth-order valence-electron chi connectivity index (χ4n) is 1.94. The van der Waals surface area contributed by atoms with E-state index in [2.05, 4.69) is 4.98 Å². The van der Waals surface area contributed by atoms with E-state index in [0.29, 0.717) is 5.65 Å². The molecule has 100 valence electrons. The molecule has 0 aliphatic rings. The van der Waals surface area contributed by atoms with Crippen molar-refractivity contribution in [1.82, 2.24) is 9.38 Å². The first-order valence-electron chi connectivity index (χ1n) is 5.72. The number of benzene rings is 1. The van der Waals surface area contributed by atoms with Crippen LogP contribution in [0.3, 0.4) is 0 Å². The number of carboxylic acids is 1. The molecule has 1 N–H and O–H groups in total. The fourth-order valence-corrected chi connectivity index (χ4v) is 1.94. The zero-order valence-corrected chi connectivity index (χ0v) is 10.0. The number of carbonyl (C=O) groups is 1. The van der Waals surface area contributed by atoms with E-state index in [4.69, 9.17) is 5.11 Å². The van der Waals surface area contributed by atoms with Crippen molar-refractivity contribution in [1.29, 1.82) is 0 Å². The summed E-state index contributed by atoms with van der Waals surface area (Å²) in [5.41, 5.74) is 0.810. The summed E-state index contributed by atoms with van der Waals surface area (Å²) in [5, 5.41) is 8.91. The zero-order chi connectivity index (χ0) is 14.3. The molecule has 20 heavy (non-hydrogen) atoms. The highest BCUT2D eigenvalue weighted by molar-refractivity contribution is 5.87. The van der Waals surface area contributed by atoms with E-state index < -0.39 is 17.6 Å². The Morgan fingerprint density at radius 2 is 1.95 bits per heavy atom. The second kappa shape index (κ2) is 4.41. The Hall–Kier alpha value is -2.76. The van der Waals surface area contributed by atoms with Crippen molar-refractivity contribution in [2.45, 2.75) is 0 Å². The maximum absolute atomic E-state index is 13.7. The molecule has 0 saturated heterocycles. The summed E-state index contributed by atoms with van der Waals surface area (Å²) in [6.07, 6.45) is 2.82. The van der Waals surface area contributed by atoms with Crippen molar-refractivity contribution in [3.8, 4) is 11.3 Å². The third kappa shape index (κ3) is 2.01. The Kier molecular flexibility index (Phi) is 2.71. The smallest absolute Gasteiger partial charge is 0.337 e. The van der Waals surface area contributed by atoms with Crippen molar-refractivity contribution >= 4 is 11.6 Å². The third-order valence-electron chi connectivity index (χ3n) is 2.90. The van der Waals surface area contributed by atoms with Crippen molar-refractivity contribution in [2.24, 2.45) is 0 Å². The largest absolute Gasteiger partial charge is 0.478 e. The number of fused-ring (bicyclic) bond motifs is 1. The standard InChI is InChI=1S/C14H8F2N2O2/c15-9-2-3-11(16)10(5-9)12-7-18-6-8(14(19)20)1-4-13(18)17-12/h1-7H,(H,19,20). The molecule has 2 aromatic heterocycles. The molecule has 0 bridgehead atoms. The van der Waals surface area contributed by atoms with Gasteiger partial charge in [0, 0.05) is 18.0 Å². The van der Waals surface area contributed by atoms with Crippen LogP contribution in [-0.2, 0) is 0 Å². The van der Waals surface area contributed by atoms with Crippen LogP contribution < -0.4 is 0 Å². The van der Waals surface area contributed by atoms with Gasteiger partial charge in [-0.05, 0) is 30.3 Å². The molecule has 6 heteroatoms. The number of hydrogen-bond acceptors (Lipinski definition) is 2. The lowest BCUT2D eigenvalue weighted by Crippen LogP contribution is -1.97. The van der Waals surface area contributed by atoms with Crippen LogP contribution >= 0.6 is 0 Å². The molecule has 0 spiro atoms. The van der Waals surface area contributed by atoms with E-state index in [0.717, 1.165) is 18.2 Å². The lowest BCUT2D eigenvalue weighted by Gasteiger charge is -1.98. The van der Waals surface area contributed by atoms with Crippen LogP contribution in [0.4, 0.5) is 8.78 Å². The van der Waals surface area contributed by atoms with Gasteiger partial charge in [0.15, 0.2) is 0 Å². The van der Waals surface area contributed by atoms with E-state index >= 15 is 0 Å². The molecule has 0 atom stereocenters. The molecule has 1 aromatic carbocycles. The van der Waals surface area contributed by atoms with E-state index in [-0.39, 0.29) is 16.8 Å². The number of carboxylic acid groups (broad SMARTS) is 1. The average molecular weight is 274 g/mol. The summed E-state index contributed by atoms with van der Waals surface area (Å²) >= 11 is 0. The van der Waals surface area contributed by atoms with Gasteiger partial charge >= 0.3 is 5.97 Å². The Morgan fingerprint density at radius 1 is 1.15 bits per heavy atom. The molecule has 0 radical (unpaired) electrons. The van der Waals surface area contributed by atoms with Crippen LogP contribution in [-0.4, -0.2) is 20.5 Å². The van der Waals surface area contributed by atoms with Gasteiger partial charge < -0.3 is 9.51 Å². The van der Waals surface area contributed by atoms with Crippen molar-refractivity contribution in [3.05, 3.63) is 59.9 Å². The van der Waals surface area contributed by atoms with Crippen LogP contribution in [0.2, 0.25) is 0 Å². The molecular formula is C14H8F2N2O2. The molecule has 3 aromatic rings. The van der Waals surface area contributed by atoms with Gasteiger partial charge in [-0.2, -0.15) is 0 Å². The Labute approximate surface area is 111 Å². The number of halogens is 2. The predicted molar refractivity (Wildman–Crippen MR) is 67.5 cm³/mol. The highest BCUT2D eigenvalue weighted by atomic mass is 19.1. The molecular weight excluding hydrogens is 266 g/mol. The molecule has 3 rings (SSSR count). The number of nitrogens with zero attached hydrogens (tertiary/aromatic N) is 2. The van der Waals surface area contributed by atoms with Gasteiger partial charge in [-0.15, -0.1) is 0 Å². The maximum atomic E-state index is 13.7. The summed E-state index contributed by atoms with van der Waals surface area (Å²) in [6, 6.07) is 6.00. The van der Waals surface area contributed by atoms with Crippen molar-refractivity contribution in [2.75, 3.05) is 0 Å².